The molecule has 0 radical (unpaired) electrons. The van der Waals surface area contributed by atoms with Crippen molar-refractivity contribution < 1.29 is 9.90 Å². The average molecular weight is 389 g/mol. The Labute approximate surface area is 166 Å². The third-order valence-electron chi connectivity index (χ3n) is 6.30. The van der Waals surface area contributed by atoms with Gasteiger partial charge in [-0.3, -0.25) is 10.2 Å². The van der Waals surface area contributed by atoms with E-state index in [9.17, 15) is 9.90 Å². The molecule has 28 heavy (non-hydrogen) atoms. The fraction of sp³-hybridized carbons (Fsp3) is 0.750. The van der Waals surface area contributed by atoms with E-state index in [4.69, 9.17) is 0 Å². The first kappa shape index (κ1) is 19.4. The fourth-order valence-electron chi connectivity index (χ4n) is 4.68. The van der Waals surface area contributed by atoms with Gasteiger partial charge >= 0.3 is 6.03 Å². The second kappa shape index (κ2) is 9.05. The van der Waals surface area contributed by atoms with Crippen LogP contribution in [0.1, 0.15) is 44.9 Å². The first-order valence-corrected chi connectivity index (χ1v) is 10.7. The summed E-state index contributed by atoms with van der Waals surface area (Å²) in [5, 5.41) is 12.6. The van der Waals surface area contributed by atoms with E-state index < -0.39 is 6.10 Å². The number of nitrogens with one attached hydrogen (secondary N) is 1. The van der Waals surface area contributed by atoms with Crippen molar-refractivity contribution in [2.24, 2.45) is 0 Å². The standard InChI is InChI=1S/C20H32N6O2/c27-17-7-4-8-26(14-17)20(28)23-18-13-19(22-15-21-18)25-11-9-24(10-12-25)16-5-2-1-3-6-16/h13,15-17,27H,1-12,14H2,(H,21,22,23,28). The van der Waals surface area contributed by atoms with Crippen LogP contribution in [0.4, 0.5) is 16.4 Å². The SMILES string of the molecule is O=C(Nc1cc(N2CCN(C3CCCCC3)CC2)ncn1)N1CCCC(O)C1. The number of nitrogens with zero attached hydrogens (tertiary/aromatic N) is 5. The van der Waals surface area contributed by atoms with Gasteiger partial charge in [-0.2, -0.15) is 0 Å². The number of carbonyl (C=O) groups excluding carboxylic acids is 1. The molecule has 3 fully saturated rings. The van der Waals surface area contributed by atoms with Gasteiger partial charge in [0.2, 0.25) is 0 Å². The summed E-state index contributed by atoms with van der Waals surface area (Å²) in [6.45, 7) is 5.11. The van der Waals surface area contributed by atoms with E-state index in [-0.39, 0.29) is 6.03 Å². The van der Waals surface area contributed by atoms with Crippen LogP contribution in [-0.4, -0.2) is 82.3 Å². The first-order chi connectivity index (χ1) is 13.7. The molecular formula is C20H32N6O2. The minimum atomic E-state index is -0.430. The third-order valence-corrected chi connectivity index (χ3v) is 6.30. The molecule has 3 heterocycles. The number of piperazine rings is 1. The Hall–Kier alpha value is -1.93. The van der Waals surface area contributed by atoms with Crippen molar-refractivity contribution in [3.8, 4) is 0 Å². The highest BCUT2D eigenvalue weighted by Crippen LogP contribution is 2.25. The number of rotatable bonds is 3. The van der Waals surface area contributed by atoms with Gasteiger partial charge in [0.05, 0.1) is 6.10 Å². The van der Waals surface area contributed by atoms with Gasteiger partial charge in [0.25, 0.3) is 0 Å². The van der Waals surface area contributed by atoms with Crippen LogP contribution in [0.5, 0.6) is 0 Å². The Kier molecular flexibility index (Phi) is 6.26. The number of β-amino-alcohol motifs (C(OH)–C–C–N with tert-alkyl or cyclic N) is 1. The van der Waals surface area contributed by atoms with Gasteiger partial charge in [0.1, 0.15) is 18.0 Å². The monoisotopic (exact) mass is 388 g/mol. The number of aliphatic hydroxyl groups is 1. The minimum Gasteiger partial charge on any atom is -0.391 e. The summed E-state index contributed by atoms with van der Waals surface area (Å²) < 4.78 is 0. The number of urea groups is 1. The second-order valence-electron chi connectivity index (χ2n) is 8.25. The molecule has 2 saturated heterocycles. The van der Waals surface area contributed by atoms with Crippen molar-refractivity contribution in [3.05, 3.63) is 12.4 Å². The lowest BCUT2D eigenvalue weighted by Gasteiger charge is -2.41. The summed E-state index contributed by atoms with van der Waals surface area (Å²) in [5.74, 6) is 1.39. The van der Waals surface area contributed by atoms with E-state index in [0.29, 0.717) is 18.9 Å². The van der Waals surface area contributed by atoms with Crippen molar-refractivity contribution in [3.63, 3.8) is 0 Å². The van der Waals surface area contributed by atoms with Crippen LogP contribution >= 0.6 is 0 Å². The molecule has 8 heteroatoms. The number of hydrogen-bond donors (Lipinski definition) is 2. The maximum Gasteiger partial charge on any atom is 0.323 e. The molecule has 0 bridgehead atoms. The largest absolute Gasteiger partial charge is 0.391 e. The second-order valence-corrected chi connectivity index (χ2v) is 8.25. The Morgan fingerprint density at radius 1 is 1.00 bits per heavy atom. The lowest BCUT2D eigenvalue weighted by atomic mass is 9.94. The highest BCUT2D eigenvalue weighted by molar-refractivity contribution is 5.88. The zero-order valence-corrected chi connectivity index (χ0v) is 16.6. The van der Waals surface area contributed by atoms with E-state index in [0.717, 1.165) is 50.9 Å². The molecule has 8 nitrogen and oxygen atoms in total. The van der Waals surface area contributed by atoms with Crippen LogP contribution in [0.3, 0.4) is 0 Å². The average Bonchev–Trinajstić information content (AvgIpc) is 2.75. The highest BCUT2D eigenvalue weighted by atomic mass is 16.3. The Morgan fingerprint density at radius 3 is 2.54 bits per heavy atom. The fourth-order valence-corrected chi connectivity index (χ4v) is 4.68. The summed E-state index contributed by atoms with van der Waals surface area (Å²) >= 11 is 0. The molecule has 1 saturated carbocycles. The summed E-state index contributed by atoms with van der Waals surface area (Å²) in [5.41, 5.74) is 0. The van der Waals surface area contributed by atoms with Crippen LogP contribution in [-0.2, 0) is 0 Å². The van der Waals surface area contributed by atoms with Crippen molar-refractivity contribution in [1.82, 2.24) is 19.8 Å². The molecule has 3 aliphatic rings. The predicted molar refractivity (Wildman–Crippen MR) is 109 cm³/mol. The van der Waals surface area contributed by atoms with Gasteiger partial charge in [-0.1, -0.05) is 19.3 Å². The van der Waals surface area contributed by atoms with Crippen LogP contribution in [0.25, 0.3) is 0 Å². The smallest absolute Gasteiger partial charge is 0.323 e. The molecule has 1 unspecified atom stereocenters. The van der Waals surface area contributed by atoms with Crippen LogP contribution in [0, 0.1) is 0 Å². The summed E-state index contributed by atoms with van der Waals surface area (Å²) in [6.07, 6.45) is 9.49. The summed E-state index contributed by atoms with van der Waals surface area (Å²) in [6, 6.07) is 2.41. The summed E-state index contributed by atoms with van der Waals surface area (Å²) in [7, 11) is 0. The molecular weight excluding hydrogens is 356 g/mol. The molecule has 1 aromatic heterocycles. The van der Waals surface area contributed by atoms with E-state index in [1.54, 1.807) is 4.90 Å². The van der Waals surface area contributed by atoms with Crippen LogP contribution < -0.4 is 10.2 Å². The van der Waals surface area contributed by atoms with Gasteiger partial charge in [0.15, 0.2) is 0 Å². The number of aliphatic hydroxyl groups excluding tert-OH is 1. The number of piperidine rings is 1. The molecule has 4 rings (SSSR count). The maximum absolute atomic E-state index is 12.4. The Bertz CT molecular complexity index is 658. The molecule has 2 aliphatic heterocycles. The zero-order valence-electron chi connectivity index (χ0n) is 16.6. The lowest BCUT2D eigenvalue weighted by Crippen LogP contribution is -2.51. The highest BCUT2D eigenvalue weighted by Gasteiger charge is 2.26. The molecule has 0 spiro atoms. The van der Waals surface area contributed by atoms with Crippen molar-refractivity contribution in [2.45, 2.75) is 57.1 Å². The Balaban J connectivity index is 1.32. The molecule has 2 amide bonds. The molecule has 1 aliphatic carbocycles. The number of amides is 2. The number of anilines is 2. The topological polar surface area (TPSA) is 84.8 Å². The Morgan fingerprint density at radius 2 is 1.79 bits per heavy atom. The zero-order chi connectivity index (χ0) is 19.3. The van der Waals surface area contributed by atoms with Crippen molar-refractivity contribution in [1.29, 1.82) is 0 Å². The number of hydrogen-bond acceptors (Lipinski definition) is 6. The number of likely N-dealkylation sites (tertiary alicyclic amines) is 1. The van der Waals surface area contributed by atoms with E-state index in [1.165, 1.54) is 38.4 Å². The van der Waals surface area contributed by atoms with Gasteiger partial charge in [-0.15, -0.1) is 0 Å². The van der Waals surface area contributed by atoms with Gasteiger partial charge in [-0.25, -0.2) is 14.8 Å². The molecule has 154 valence electrons. The molecule has 1 atom stereocenters. The quantitative estimate of drug-likeness (QED) is 0.823. The number of aromatic nitrogens is 2. The number of carbonyl (C=O) groups is 1. The van der Waals surface area contributed by atoms with Crippen LogP contribution in [0.15, 0.2) is 12.4 Å². The molecule has 2 N–H and O–H groups in total. The lowest BCUT2D eigenvalue weighted by molar-refractivity contribution is 0.0883. The van der Waals surface area contributed by atoms with Gasteiger partial charge < -0.3 is 14.9 Å². The van der Waals surface area contributed by atoms with Gasteiger partial charge in [0, 0.05) is 51.4 Å². The van der Waals surface area contributed by atoms with E-state index in [2.05, 4.69) is 25.1 Å². The van der Waals surface area contributed by atoms with Gasteiger partial charge in [-0.05, 0) is 25.7 Å². The van der Waals surface area contributed by atoms with Crippen molar-refractivity contribution in [2.75, 3.05) is 49.5 Å². The molecule has 1 aromatic rings. The minimum absolute atomic E-state index is 0.203. The van der Waals surface area contributed by atoms with E-state index in [1.807, 2.05) is 6.07 Å². The van der Waals surface area contributed by atoms with E-state index >= 15 is 0 Å². The third kappa shape index (κ3) is 4.72. The first-order valence-electron chi connectivity index (χ1n) is 10.7. The predicted octanol–water partition coefficient (Wildman–Crippen LogP) is 1.92. The maximum atomic E-state index is 12.4. The molecule has 0 aromatic carbocycles. The van der Waals surface area contributed by atoms with Crippen molar-refractivity contribution >= 4 is 17.7 Å². The summed E-state index contributed by atoms with van der Waals surface area (Å²) in [4.78, 5) is 27.6. The normalized spacial score (nSPS) is 25.0. The van der Waals surface area contributed by atoms with Crippen LogP contribution in [0.2, 0.25) is 0 Å².